The number of hydrogen-bond acceptors (Lipinski definition) is 9. The molecule has 10 heteroatoms. The molecule has 2 aliphatic rings. The summed E-state index contributed by atoms with van der Waals surface area (Å²) in [6.07, 6.45) is 1.44. The molecule has 2 heterocycles. The van der Waals surface area contributed by atoms with Gasteiger partial charge in [-0.3, -0.25) is 0 Å². The van der Waals surface area contributed by atoms with Crippen LogP contribution in [0.5, 0.6) is 0 Å². The minimum Gasteiger partial charge on any atom is -0.462 e. The van der Waals surface area contributed by atoms with Crippen molar-refractivity contribution >= 4 is 39.5 Å². The number of unbranched alkanes of at least 4 members (excludes halogenated alkanes) is 1. The van der Waals surface area contributed by atoms with Crippen molar-refractivity contribution in [2.75, 3.05) is 32.2 Å². The van der Waals surface area contributed by atoms with Gasteiger partial charge in [0.25, 0.3) is 0 Å². The highest BCUT2D eigenvalue weighted by atomic mass is 79.9. The average Bonchev–Trinajstić information content (AvgIpc) is 2.99. The standard InChI is InChI=1S/C22H25BrN2O7/c1-4-5-8-30-20(27)17-18(24)25-15-7-6-13(23)11-14(15)22(17)16(12(2)32-21(22)28)19(26)31-10-9-29-3/h6-7,11,25H,4-5,8-10,24H2,1-3H3. The average molecular weight is 509 g/mol. The highest BCUT2D eigenvalue weighted by Crippen LogP contribution is 2.53. The molecule has 1 aromatic rings. The Hall–Kier alpha value is -2.85. The van der Waals surface area contributed by atoms with Crippen molar-refractivity contribution in [2.24, 2.45) is 5.73 Å². The number of hydrogen-bond donors (Lipinski definition) is 2. The number of ether oxygens (including phenoxy) is 4. The van der Waals surface area contributed by atoms with Gasteiger partial charge in [-0.2, -0.15) is 0 Å². The number of nitrogens with two attached hydrogens (primary N) is 1. The number of methoxy groups -OCH3 is 1. The number of rotatable bonds is 8. The van der Waals surface area contributed by atoms with Gasteiger partial charge in [-0.1, -0.05) is 29.3 Å². The van der Waals surface area contributed by atoms with Crippen LogP contribution >= 0.6 is 15.9 Å². The molecule has 0 saturated carbocycles. The van der Waals surface area contributed by atoms with Crippen LogP contribution in [0.15, 0.2) is 45.4 Å². The Bertz CT molecular complexity index is 1020. The Morgan fingerprint density at radius 2 is 1.84 bits per heavy atom. The van der Waals surface area contributed by atoms with E-state index in [1.807, 2.05) is 6.92 Å². The van der Waals surface area contributed by atoms with E-state index in [9.17, 15) is 14.4 Å². The zero-order valence-corrected chi connectivity index (χ0v) is 19.7. The summed E-state index contributed by atoms with van der Waals surface area (Å²) in [4.78, 5) is 39.8. The third-order valence-corrected chi connectivity index (χ3v) is 5.73. The second-order valence-electron chi connectivity index (χ2n) is 7.29. The molecule has 2 aliphatic heterocycles. The maximum absolute atomic E-state index is 13.4. The predicted octanol–water partition coefficient (Wildman–Crippen LogP) is 2.65. The number of esters is 3. The first-order valence-corrected chi connectivity index (χ1v) is 10.9. The summed E-state index contributed by atoms with van der Waals surface area (Å²) < 4.78 is 21.7. The Kier molecular flexibility index (Phi) is 7.25. The van der Waals surface area contributed by atoms with Crippen molar-refractivity contribution < 1.29 is 33.3 Å². The van der Waals surface area contributed by atoms with E-state index in [2.05, 4.69) is 21.2 Å². The Balaban J connectivity index is 2.22. The van der Waals surface area contributed by atoms with E-state index < -0.39 is 23.3 Å². The lowest BCUT2D eigenvalue weighted by Crippen LogP contribution is -2.48. The first kappa shape index (κ1) is 23.8. The summed E-state index contributed by atoms with van der Waals surface area (Å²) in [6.45, 7) is 3.67. The lowest BCUT2D eigenvalue weighted by Gasteiger charge is -2.36. The number of nitrogens with one attached hydrogen (secondary N) is 1. The summed E-state index contributed by atoms with van der Waals surface area (Å²) >= 11 is 3.40. The van der Waals surface area contributed by atoms with Crippen LogP contribution in [0.4, 0.5) is 5.69 Å². The molecule has 1 spiro atoms. The summed E-state index contributed by atoms with van der Waals surface area (Å²) in [7, 11) is 1.47. The largest absolute Gasteiger partial charge is 0.462 e. The maximum Gasteiger partial charge on any atom is 0.339 e. The zero-order chi connectivity index (χ0) is 23.5. The van der Waals surface area contributed by atoms with Crippen LogP contribution in [0.2, 0.25) is 0 Å². The smallest absolute Gasteiger partial charge is 0.339 e. The highest BCUT2D eigenvalue weighted by molar-refractivity contribution is 9.10. The third kappa shape index (κ3) is 4.00. The number of benzene rings is 1. The van der Waals surface area contributed by atoms with Gasteiger partial charge in [-0.15, -0.1) is 0 Å². The molecule has 1 aromatic carbocycles. The van der Waals surface area contributed by atoms with Gasteiger partial charge in [0.15, 0.2) is 5.41 Å². The van der Waals surface area contributed by atoms with Gasteiger partial charge in [0.05, 0.1) is 13.2 Å². The van der Waals surface area contributed by atoms with E-state index in [4.69, 9.17) is 24.7 Å². The van der Waals surface area contributed by atoms with Gasteiger partial charge < -0.3 is 30.0 Å². The monoisotopic (exact) mass is 508 g/mol. The van der Waals surface area contributed by atoms with Crippen LogP contribution in [-0.2, 0) is 38.7 Å². The molecule has 3 rings (SSSR count). The molecule has 0 bridgehead atoms. The molecule has 0 amide bonds. The molecule has 172 valence electrons. The summed E-state index contributed by atoms with van der Waals surface area (Å²) in [5.74, 6) is -2.54. The minimum absolute atomic E-state index is 0.0249. The number of allylic oxidation sites excluding steroid dienone is 1. The first-order valence-electron chi connectivity index (χ1n) is 10.1. The van der Waals surface area contributed by atoms with E-state index in [1.54, 1.807) is 18.2 Å². The molecular formula is C22H25BrN2O7. The third-order valence-electron chi connectivity index (χ3n) is 5.24. The molecule has 0 aliphatic carbocycles. The van der Waals surface area contributed by atoms with Gasteiger partial charge in [-0.05, 0) is 31.5 Å². The molecule has 0 saturated heterocycles. The topological polar surface area (TPSA) is 126 Å². The number of fused-ring (bicyclic) bond motifs is 2. The molecule has 0 fully saturated rings. The van der Waals surface area contributed by atoms with Gasteiger partial charge in [0.2, 0.25) is 0 Å². The molecule has 32 heavy (non-hydrogen) atoms. The second kappa shape index (κ2) is 9.74. The minimum atomic E-state index is -1.94. The fourth-order valence-corrected chi connectivity index (χ4v) is 4.18. The van der Waals surface area contributed by atoms with E-state index >= 15 is 0 Å². The fraction of sp³-hybridized carbons (Fsp3) is 0.409. The van der Waals surface area contributed by atoms with Crippen molar-refractivity contribution in [3.8, 4) is 0 Å². The molecule has 9 nitrogen and oxygen atoms in total. The summed E-state index contributed by atoms with van der Waals surface area (Å²) in [5, 5.41) is 2.94. The van der Waals surface area contributed by atoms with Crippen molar-refractivity contribution in [3.05, 3.63) is 51.0 Å². The maximum atomic E-state index is 13.4. The quantitative estimate of drug-likeness (QED) is 0.309. The van der Waals surface area contributed by atoms with Gasteiger partial charge in [0, 0.05) is 22.8 Å². The SMILES string of the molecule is CCCCOC(=O)C1=C(N)Nc2ccc(Br)cc2C12C(=O)OC(C)=C2C(=O)OCCOC. The molecular weight excluding hydrogens is 484 g/mol. The summed E-state index contributed by atoms with van der Waals surface area (Å²) in [6, 6.07) is 5.06. The Labute approximate surface area is 194 Å². The van der Waals surface area contributed by atoms with Gasteiger partial charge >= 0.3 is 17.9 Å². The molecule has 3 N–H and O–H groups in total. The van der Waals surface area contributed by atoms with Crippen LogP contribution in [0.1, 0.15) is 32.3 Å². The van der Waals surface area contributed by atoms with Gasteiger partial charge in [0.1, 0.15) is 29.3 Å². The highest BCUT2D eigenvalue weighted by Gasteiger charge is 2.62. The van der Waals surface area contributed by atoms with Crippen LogP contribution in [-0.4, -0.2) is 44.8 Å². The molecule has 0 radical (unpaired) electrons. The van der Waals surface area contributed by atoms with Crippen molar-refractivity contribution in [3.63, 3.8) is 0 Å². The number of halogens is 1. The van der Waals surface area contributed by atoms with Crippen LogP contribution < -0.4 is 11.1 Å². The van der Waals surface area contributed by atoms with E-state index in [-0.39, 0.29) is 42.5 Å². The predicted molar refractivity (Wildman–Crippen MR) is 118 cm³/mol. The number of anilines is 1. The van der Waals surface area contributed by atoms with Crippen LogP contribution in [0, 0.1) is 0 Å². The van der Waals surface area contributed by atoms with Crippen LogP contribution in [0.3, 0.4) is 0 Å². The molecule has 0 aromatic heterocycles. The fourth-order valence-electron chi connectivity index (χ4n) is 3.82. The molecule has 1 unspecified atom stereocenters. The van der Waals surface area contributed by atoms with E-state index in [1.165, 1.54) is 14.0 Å². The van der Waals surface area contributed by atoms with Crippen molar-refractivity contribution in [1.82, 2.24) is 0 Å². The van der Waals surface area contributed by atoms with Crippen molar-refractivity contribution in [1.29, 1.82) is 0 Å². The van der Waals surface area contributed by atoms with Crippen molar-refractivity contribution in [2.45, 2.75) is 32.1 Å². The number of cyclic esters (lactones) is 1. The lowest BCUT2D eigenvalue weighted by atomic mass is 9.67. The van der Waals surface area contributed by atoms with E-state index in [0.29, 0.717) is 22.1 Å². The summed E-state index contributed by atoms with van der Waals surface area (Å²) in [5.41, 5.74) is 4.74. The Morgan fingerprint density at radius 1 is 1.16 bits per heavy atom. The zero-order valence-electron chi connectivity index (χ0n) is 18.1. The second-order valence-corrected chi connectivity index (χ2v) is 8.21. The first-order chi connectivity index (χ1) is 15.3. The Morgan fingerprint density at radius 3 is 2.53 bits per heavy atom. The normalized spacial score (nSPS) is 19.6. The number of carbonyl (C=O) groups is 3. The van der Waals surface area contributed by atoms with Crippen LogP contribution in [0.25, 0.3) is 0 Å². The lowest BCUT2D eigenvalue weighted by molar-refractivity contribution is -0.147. The number of carbonyl (C=O) groups excluding carboxylic acids is 3. The van der Waals surface area contributed by atoms with Gasteiger partial charge in [-0.25, -0.2) is 14.4 Å². The van der Waals surface area contributed by atoms with E-state index in [0.717, 1.165) is 6.42 Å². The molecule has 1 atom stereocenters.